The lowest BCUT2D eigenvalue weighted by molar-refractivity contribution is -0.141. The van der Waals surface area contributed by atoms with E-state index in [1.807, 2.05) is 37.2 Å². The molecule has 1 aliphatic rings. The van der Waals surface area contributed by atoms with Gasteiger partial charge in [0, 0.05) is 20.6 Å². The average molecular weight is 277 g/mol. The Hall–Kier alpha value is -2.24. The summed E-state index contributed by atoms with van der Waals surface area (Å²) < 4.78 is 0. The number of urea groups is 1. The van der Waals surface area contributed by atoms with Gasteiger partial charge in [0.05, 0.1) is 11.4 Å². The third kappa shape index (κ3) is 2.84. The molecule has 0 saturated carbocycles. The molecule has 6 heteroatoms. The van der Waals surface area contributed by atoms with Crippen molar-refractivity contribution in [3.8, 4) is 0 Å². The SMILES string of the molecule is CN(C)c1ccccc1NC(=O)N1CCCC1C(=O)O. The number of carbonyl (C=O) groups excluding carboxylic acids is 1. The predicted octanol–water partition coefficient (Wildman–Crippen LogP) is 1.83. The number of amides is 2. The Bertz CT molecular complexity index is 516. The van der Waals surface area contributed by atoms with E-state index in [9.17, 15) is 9.59 Å². The van der Waals surface area contributed by atoms with Crippen molar-refractivity contribution >= 4 is 23.4 Å². The molecule has 0 spiro atoms. The summed E-state index contributed by atoms with van der Waals surface area (Å²) in [6, 6.07) is 6.35. The van der Waals surface area contributed by atoms with E-state index in [2.05, 4.69) is 5.32 Å². The Labute approximate surface area is 118 Å². The van der Waals surface area contributed by atoms with Gasteiger partial charge in [-0.3, -0.25) is 0 Å². The van der Waals surface area contributed by atoms with Crippen molar-refractivity contribution in [2.24, 2.45) is 0 Å². The van der Waals surface area contributed by atoms with Crippen LogP contribution in [0.25, 0.3) is 0 Å². The number of aliphatic carboxylic acids is 1. The molecule has 1 heterocycles. The molecule has 0 radical (unpaired) electrons. The lowest BCUT2D eigenvalue weighted by atomic mass is 10.2. The summed E-state index contributed by atoms with van der Waals surface area (Å²) >= 11 is 0. The van der Waals surface area contributed by atoms with Crippen LogP contribution in [0.4, 0.5) is 16.2 Å². The van der Waals surface area contributed by atoms with Crippen LogP contribution >= 0.6 is 0 Å². The van der Waals surface area contributed by atoms with E-state index in [-0.39, 0.29) is 6.03 Å². The molecule has 1 aromatic rings. The Kier molecular flexibility index (Phi) is 4.12. The van der Waals surface area contributed by atoms with E-state index in [1.54, 1.807) is 6.07 Å². The summed E-state index contributed by atoms with van der Waals surface area (Å²) in [5.74, 6) is -0.946. The van der Waals surface area contributed by atoms with Crippen LogP contribution in [-0.4, -0.2) is 48.7 Å². The molecular weight excluding hydrogens is 258 g/mol. The highest BCUT2D eigenvalue weighted by Gasteiger charge is 2.34. The second kappa shape index (κ2) is 5.81. The molecule has 1 aliphatic heterocycles. The van der Waals surface area contributed by atoms with Crippen molar-refractivity contribution in [1.82, 2.24) is 4.90 Å². The second-order valence-corrected chi connectivity index (χ2v) is 5.03. The van der Waals surface area contributed by atoms with Crippen LogP contribution < -0.4 is 10.2 Å². The summed E-state index contributed by atoms with van der Waals surface area (Å²) in [6.07, 6.45) is 1.23. The van der Waals surface area contributed by atoms with Gasteiger partial charge in [-0.25, -0.2) is 9.59 Å². The summed E-state index contributed by atoms with van der Waals surface area (Å²) in [5, 5.41) is 11.9. The molecule has 1 fully saturated rings. The predicted molar refractivity (Wildman–Crippen MR) is 77.2 cm³/mol. The second-order valence-electron chi connectivity index (χ2n) is 5.03. The average Bonchev–Trinajstić information content (AvgIpc) is 2.88. The Morgan fingerprint density at radius 2 is 2.05 bits per heavy atom. The first-order chi connectivity index (χ1) is 9.50. The van der Waals surface area contributed by atoms with E-state index >= 15 is 0 Å². The van der Waals surface area contributed by atoms with Gasteiger partial charge in [0.2, 0.25) is 0 Å². The van der Waals surface area contributed by atoms with E-state index in [1.165, 1.54) is 4.90 Å². The van der Waals surface area contributed by atoms with Crippen molar-refractivity contribution < 1.29 is 14.7 Å². The summed E-state index contributed by atoms with van der Waals surface area (Å²) in [6.45, 7) is 0.479. The van der Waals surface area contributed by atoms with Gasteiger partial charge in [-0.05, 0) is 25.0 Å². The standard InChI is InChI=1S/C14H19N3O3/c1-16(2)11-7-4-3-6-10(11)15-14(20)17-9-5-8-12(17)13(18)19/h3-4,6-7,12H,5,8-9H2,1-2H3,(H,15,20)(H,18,19). The van der Waals surface area contributed by atoms with E-state index in [0.29, 0.717) is 18.7 Å². The van der Waals surface area contributed by atoms with Gasteiger partial charge in [-0.2, -0.15) is 0 Å². The van der Waals surface area contributed by atoms with Crippen LogP contribution in [0.15, 0.2) is 24.3 Å². The highest BCUT2D eigenvalue weighted by atomic mass is 16.4. The monoisotopic (exact) mass is 277 g/mol. The number of carboxylic acid groups (broad SMARTS) is 1. The van der Waals surface area contributed by atoms with Crippen LogP contribution in [0.2, 0.25) is 0 Å². The van der Waals surface area contributed by atoms with Gasteiger partial charge in [-0.15, -0.1) is 0 Å². The molecule has 0 bridgehead atoms. The van der Waals surface area contributed by atoms with Gasteiger partial charge in [-0.1, -0.05) is 12.1 Å². The van der Waals surface area contributed by atoms with Crippen molar-refractivity contribution in [3.63, 3.8) is 0 Å². The number of anilines is 2. The van der Waals surface area contributed by atoms with Gasteiger partial charge < -0.3 is 20.2 Å². The molecule has 1 atom stereocenters. The maximum Gasteiger partial charge on any atom is 0.326 e. The fourth-order valence-corrected chi connectivity index (χ4v) is 2.42. The molecule has 2 rings (SSSR count). The quantitative estimate of drug-likeness (QED) is 0.884. The minimum atomic E-state index is -0.946. The normalized spacial score (nSPS) is 17.9. The molecule has 108 valence electrons. The number of benzene rings is 1. The zero-order chi connectivity index (χ0) is 14.7. The summed E-state index contributed by atoms with van der Waals surface area (Å²) in [5.41, 5.74) is 1.56. The Balaban J connectivity index is 2.14. The number of likely N-dealkylation sites (tertiary alicyclic amines) is 1. The van der Waals surface area contributed by atoms with Crippen LogP contribution in [0, 0.1) is 0 Å². The van der Waals surface area contributed by atoms with Crippen LogP contribution in [0.5, 0.6) is 0 Å². The largest absolute Gasteiger partial charge is 0.480 e. The lowest BCUT2D eigenvalue weighted by Crippen LogP contribution is -2.42. The van der Waals surface area contributed by atoms with Crippen molar-refractivity contribution in [3.05, 3.63) is 24.3 Å². The lowest BCUT2D eigenvalue weighted by Gasteiger charge is -2.24. The van der Waals surface area contributed by atoms with E-state index < -0.39 is 12.0 Å². The third-order valence-electron chi connectivity index (χ3n) is 3.43. The minimum absolute atomic E-state index is 0.357. The number of hydrogen-bond acceptors (Lipinski definition) is 3. The first kappa shape index (κ1) is 14.2. The fraction of sp³-hybridized carbons (Fsp3) is 0.429. The van der Waals surface area contributed by atoms with Gasteiger partial charge in [0.25, 0.3) is 0 Å². The molecule has 0 aromatic heterocycles. The maximum atomic E-state index is 12.2. The smallest absolute Gasteiger partial charge is 0.326 e. The molecule has 1 aromatic carbocycles. The number of rotatable bonds is 3. The molecule has 2 N–H and O–H groups in total. The topological polar surface area (TPSA) is 72.9 Å². The zero-order valence-corrected chi connectivity index (χ0v) is 11.7. The van der Waals surface area contributed by atoms with Crippen molar-refractivity contribution in [1.29, 1.82) is 0 Å². The molecule has 1 saturated heterocycles. The minimum Gasteiger partial charge on any atom is -0.480 e. The first-order valence-electron chi connectivity index (χ1n) is 6.57. The number of hydrogen-bond donors (Lipinski definition) is 2. The number of para-hydroxylation sites is 2. The summed E-state index contributed by atoms with van der Waals surface area (Å²) in [4.78, 5) is 26.6. The number of carbonyl (C=O) groups is 2. The van der Waals surface area contributed by atoms with Crippen molar-refractivity contribution in [2.75, 3.05) is 30.9 Å². The molecule has 20 heavy (non-hydrogen) atoms. The van der Waals surface area contributed by atoms with E-state index in [0.717, 1.165) is 12.1 Å². The van der Waals surface area contributed by atoms with Crippen molar-refractivity contribution in [2.45, 2.75) is 18.9 Å². The molecule has 1 unspecified atom stereocenters. The number of nitrogens with zero attached hydrogens (tertiary/aromatic N) is 2. The molecule has 6 nitrogen and oxygen atoms in total. The van der Waals surface area contributed by atoms with Gasteiger partial charge in [0.1, 0.15) is 6.04 Å². The van der Waals surface area contributed by atoms with Crippen LogP contribution in [0.3, 0.4) is 0 Å². The van der Waals surface area contributed by atoms with E-state index in [4.69, 9.17) is 5.11 Å². The number of nitrogens with one attached hydrogen (secondary N) is 1. The maximum absolute atomic E-state index is 12.2. The highest BCUT2D eigenvalue weighted by Crippen LogP contribution is 2.25. The van der Waals surface area contributed by atoms with Gasteiger partial charge in [0.15, 0.2) is 0 Å². The first-order valence-corrected chi connectivity index (χ1v) is 6.57. The Morgan fingerprint density at radius 1 is 1.35 bits per heavy atom. The zero-order valence-electron chi connectivity index (χ0n) is 11.7. The highest BCUT2D eigenvalue weighted by molar-refractivity contribution is 5.95. The fourth-order valence-electron chi connectivity index (χ4n) is 2.42. The molecule has 2 amide bonds. The number of carboxylic acids is 1. The Morgan fingerprint density at radius 3 is 2.70 bits per heavy atom. The molecule has 0 aliphatic carbocycles. The van der Waals surface area contributed by atoms with Crippen LogP contribution in [0.1, 0.15) is 12.8 Å². The van der Waals surface area contributed by atoms with Crippen LogP contribution in [-0.2, 0) is 4.79 Å². The third-order valence-corrected chi connectivity index (χ3v) is 3.43. The molecular formula is C14H19N3O3. The van der Waals surface area contributed by atoms with Gasteiger partial charge >= 0.3 is 12.0 Å². The summed E-state index contributed by atoms with van der Waals surface area (Å²) in [7, 11) is 3.78.